The first-order valence-corrected chi connectivity index (χ1v) is 7.73. The lowest BCUT2D eigenvalue weighted by molar-refractivity contribution is -0.384. The molecule has 0 atom stereocenters. The van der Waals surface area contributed by atoms with E-state index in [9.17, 15) is 19.7 Å². The number of amides is 2. The normalized spacial score (nSPS) is 10.5. The highest BCUT2D eigenvalue weighted by atomic mass is 16.6. The van der Waals surface area contributed by atoms with E-state index in [-0.39, 0.29) is 36.2 Å². The van der Waals surface area contributed by atoms with Crippen LogP contribution in [0.4, 0.5) is 5.69 Å². The standard InChI is InChI=1S/C16H19N5O4/c1-11(2)15(22)18-5-6-19-16(23)12-3-4-13(14(9-12)21(24)25)20-8-7-17-10-20/h3-4,7-11H,5-6H2,1-2H3,(H,18,22)(H,19,23). The fraction of sp³-hybridized carbons (Fsp3) is 0.312. The highest BCUT2D eigenvalue weighted by molar-refractivity contribution is 5.95. The Morgan fingerprint density at radius 1 is 1.28 bits per heavy atom. The Balaban J connectivity index is 2.04. The number of benzene rings is 1. The summed E-state index contributed by atoms with van der Waals surface area (Å²) in [6.45, 7) is 4.07. The molecule has 0 bridgehead atoms. The van der Waals surface area contributed by atoms with Gasteiger partial charge in [-0.05, 0) is 12.1 Å². The van der Waals surface area contributed by atoms with Crippen molar-refractivity contribution in [2.75, 3.05) is 13.1 Å². The summed E-state index contributed by atoms with van der Waals surface area (Å²) < 4.78 is 1.50. The number of carbonyl (C=O) groups is 2. The van der Waals surface area contributed by atoms with Gasteiger partial charge in [0, 0.05) is 43.0 Å². The number of hydrogen-bond donors (Lipinski definition) is 2. The molecule has 9 nitrogen and oxygen atoms in total. The largest absolute Gasteiger partial charge is 0.354 e. The maximum Gasteiger partial charge on any atom is 0.294 e. The number of aromatic nitrogens is 2. The molecule has 2 amide bonds. The van der Waals surface area contributed by atoms with Crippen molar-refractivity contribution in [3.05, 3.63) is 52.6 Å². The Bertz CT molecular complexity index is 771. The summed E-state index contributed by atoms with van der Waals surface area (Å²) in [6, 6.07) is 4.22. The lowest BCUT2D eigenvalue weighted by Crippen LogP contribution is -2.36. The third-order valence-electron chi connectivity index (χ3n) is 3.45. The molecule has 1 aromatic heterocycles. The zero-order valence-electron chi connectivity index (χ0n) is 13.9. The second kappa shape index (κ2) is 8.04. The van der Waals surface area contributed by atoms with E-state index in [4.69, 9.17) is 0 Å². The van der Waals surface area contributed by atoms with Crippen LogP contribution in [-0.2, 0) is 4.79 Å². The molecule has 0 unspecified atom stereocenters. The first-order valence-electron chi connectivity index (χ1n) is 7.73. The van der Waals surface area contributed by atoms with Gasteiger partial charge in [0.25, 0.3) is 11.6 Å². The molecule has 25 heavy (non-hydrogen) atoms. The van der Waals surface area contributed by atoms with Gasteiger partial charge in [-0.15, -0.1) is 0 Å². The van der Waals surface area contributed by atoms with Crippen LogP contribution in [0, 0.1) is 16.0 Å². The molecule has 0 fully saturated rings. The monoisotopic (exact) mass is 345 g/mol. The summed E-state index contributed by atoms with van der Waals surface area (Å²) in [5.74, 6) is -0.678. The second-order valence-corrected chi connectivity index (χ2v) is 5.63. The summed E-state index contributed by atoms with van der Waals surface area (Å²) in [5, 5.41) is 16.6. The summed E-state index contributed by atoms with van der Waals surface area (Å²) in [6.07, 6.45) is 4.54. The van der Waals surface area contributed by atoms with Crippen molar-refractivity contribution in [1.82, 2.24) is 20.2 Å². The fourth-order valence-electron chi connectivity index (χ4n) is 2.10. The second-order valence-electron chi connectivity index (χ2n) is 5.63. The third-order valence-corrected chi connectivity index (χ3v) is 3.45. The van der Waals surface area contributed by atoms with E-state index in [1.54, 1.807) is 20.0 Å². The smallest absolute Gasteiger partial charge is 0.294 e. The fourth-order valence-corrected chi connectivity index (χ4v) is 2.10. The van der Waals surface area contributed by atoms with Crippen LogP contribution in [0.3, 0.4) is 0 Å². The average molecular weight is 345 g/mol. The molecular weight excluding hydrogens is 326 g/mol. The number of nitrogens with zero attached hydrogens (tertiary/aromatic N) is 3. The molecule has 2 N–H and O–H groups in total. The van der Waals surface area contributed by atoms with Gasteiger partial charge in [-0.3, -0.25) is 19.7 Å². The predicted molar refractivity (Wildman–Crippen MR) is 90.4 cm³/mol. The number of rotatable bonds is 7. The molecule has 2 aromatic rings. The van der Waals surface area contributed by atoms with Crippen LogP contribution in [0.1, 0.15) is 24.2 Å². The molecule has 2 rings (SSSR count). The van der Waals surface area contributed by atoms with Crippen molar-refractivity contribution in [2.45, 2.75) is 13.8 Å². The number of nitro groups is 1. The van der Waals surface area contributed by atoms with Crippen molar-refractivity contribution in [3.63, 3.8) is 0 Å². The van der Waals surface area contributed by atoms with Crippen LogP contribution >= 0.6 is 0 Å². The van der Waals surface area contributed by atoms with Crippen molar-refractivity contribution in [1.29, 1.82) is 0 Å². The van der Waals surface area contributed by atoms with Crippen LogP contribution in [-0.4, -0.2) is 39.4 Å². The highest BCUT2D eigenvalue weighted by Crippen LogP contribution is 2.24. The first kappa shape index (κ1) is 18.1. The minimum atomic E-state index is -0.547. The van der Waals surface area contributed by atoms with Gasteiger partial charge in [0.15, 0.2) is 0 Å². The maximum absolute atomic E-state index is 12.1. The van der Waals surface area contributed by atoms with Gasteiger partial charge in [-0.2, -0.15) is 0 Å². The van der Waals surface area contributed by atoms with Crippen molar-refractivity contribution in [2.24, 2.45) is 5.92 Å². The van der Waals surface area contributed by atoms with Gasteiger partial charge in [-0.25, -0.2) is 4.98 Å². The highest BCUT2D eigenvalue weighted by Gasteiger charge is 2.18. The Hall–Kier alpha value is -3.23. The molecule has 132 valence electrons. The average Bonchev–Trinajstić information content (AvgIpc) is 3.11. The molecule has 0 aliphatic carbocycles. The zero-order valence-corrected chi connectivity index (χ0v) is 13.9. The van der Waals surface area contributed by atoms with Crippen LogP contribution < -0.4 is 10.6 Å². The summed E-state index contributed by atoms with van der Waals surface area (Å²) in [7, 11) is 0. The topological polar surface area (TPSA) is 119 Å². The van der Waals surface area contributed by atoms with Gasteiger partial charge < -0.3 is 15.2 Å². The number of nitro benzene ring substituents is 1. The van der Waals surface area contributed by atoms with Gasteiger partial charge in [0.05, 0.1) is 11.3 Å². The van der Waals surface area contributed by atoms with Crippen molar-refractivity contribution < 1.29 is 14.5 Å². The third kappa shape index (κ3) is 4.63. The van der Waals surface area contributed by atoms with Gasteiger partial charge in [0.1, 0.15) is 5.69 Å². The number of carbonyl (C=O) groups excluding carboxylic acids is 2. The summed E-state index contributed by atoms with van der Waals surface area (Å²) >= 11 is 0. The van der Waals surface area contributed by atoms with Crippen LogP contribution in [0.5, 0.6) is 0 Å². The summed E-state index contributed by atoms with van der Waals surface area (Å²) in [4.78, 5) is 38.1. The number of hydrogen-bond acceptors (Lipinski definition) is 5. The molecule has 0 aliphatic heterocycles. The lowest BCUT2D eigenvalue weighted by Gasteiger charge is -2.09. The molecule has 0 spiro atoms. The molecule has 1 aromatic carbocycles. The Morgan fingerprint density at radius 2 is 2.00 bits per heavy atom. The molecular formula is C16H19N5O4. The SMILES string of the molecule is CC(C)C(=O)NCCNC(=O)c1ccc(-n2ccnc2)c([N+](=O)[O-])c1. The minimum Gasteiger partial charge on any atom is -0.354 e. The first-order chi connectivity index (χ1) is 11.9. The van der Waals surface area contributed by atoms with E-state index in [2.05, 4.69) is 15.6 Å². The Morgan fingerprint density at radius 3 is 2.60 bits per heavy atom. The van der Waals surface area contributed by atoms with Gasteiger partial charge in [-0.1, -0.05) is 13.8 Å². The maximum atomic E-state index is 12.1. The molecule has 0 saturated heterocycles. The quantitative estimate of drug-likeness (QED) is 0.445. The molecule has 0 aliphatic rings. The molecule has 0 saturated carbocycles. The van der Waals surface area contributed by atoms with E-state index in [0.717, 1.165) is 0 Å². The van der Waals surface area contributed by atoms with E-state index >= 15 is 0 Å². The number of nitrogens with one attached hydrogen (secondary N) is 2. The van der Waals surface area contributed by atoms with Crippen LogP contribution in [0.2, 0.25) is 0 Å². The van der Waals surface area contributed by atoms with E-state index < -0.39 is 10.8 Å². The zero-order chi connectivity index (χ0) is 18.4. The van der Waals surface area contributed by atoms with Crippen LogP contribution in [0.25, 0.3) is 5.69 Å². The minimum absolute atomic E-state index is 0.102. The predicted octanol–water partition coefficient (Wildman–Crippen LogP) is 1.28. The van der Waals surface area contributed by atoms with Gasteiger partial charge >= 0.3 is 0 Å². The molecule has 1 heterocycles. The van der Waals surface area contributed by atoms with Crippen molar-refractivity contribution >= 4 is 17.5 Å². The van der Waals surface area contributed by atoms with E-state index in [0.29, 0.717) is 5.69 Å². The Kier molecular flexibility index (Phi) is 5.83. The van der Waals surface area contributed by atoms with Gasteiger partial charge in [0.2, 0.25) is 5.91 Å². The van der Waals surface area contributed by atoms with E-state index in [1.807, 2.05) is 0 Å². The number of imidazole rings is 1. The molecule has 9 heteroatoms. The lowest BCUT2D eigenvalue weighted by atomic mass is 10.1. The van der Waals surface area contributed by atoms with Crippen LogP contribution in [0.15, 0.2) is 36.9 Å². The summed E-state index contributed by atoms with van der Waals surface area (Å²) in [5.41, 5.74) is 0.299. The Labute approximate surface area is 144 Å². The van der Waals surface area contributed by atoms with Crippen molar-refractivity contribution in [3.8, 4) is 5.69 Å². The van der Waals surface area contributed by atoms with E-state index in [1.165, 1.54) is 35.3 Å². The molecule has 0 radical (unpaired) electrons.